The van der Waals surface area contributed by atoms with Gasteiger partial charge >= 0.3 is 6.03 Å². The van der Waals surface area contributed by atoms with E-state index in [9.17, 15) is 9.90 Å². The number of hydrogen-bond acceptors (Lipinski definition) is 4. The lowest BCUT2D eigenvalue weighted by molar-refractivity contribution is 0.230. The average molecular weight is 340 g/mol. The fraction of sp³-hybridized carbons (Fsp3) is 0.316. The van der Waals surface area contributed by atoms with Crippen molar-refractivity contribution in [1.82, 2.24) is 4.90 Å². The van der Waals surface area contributed by atoms with Crippen LogP contribution in [0, 0.1) is 0 Å². The molecule has 0 radical (unpaired) electrons. The van der Waals surface area contributed by atoms with Crippen LogP contribution >= 0.6 is 0 Å². The van der Waals surface area contributed by atoms with Crippen LogP contribution in [0.15, 0.2) is 48.5 Å². The third-order valence-corrected chi connectivity index (χ3v) is 4.38. The van der Waals surface area contributed by atoms with Gasteiger partial charge in [0.1, 0.15) is 5.75 Å². The topological polar surface area (TPSA) is 59.1 Å². The molecule has 0 atom stereocenters. The lowest BCUT2D eigenvalue weighted by Crippen LogP contribution is -2.46. The Bertz CT molecular complexity index is 705. The number of benzene rings is 2. The molecule has 0 aliphatic carbocycles. The summed E-state index contributed by atoms with van der Waals surface area (Å²) in [5.74, 6) is 0.295. The maximum atomic E-state index is 11.7. The highest BCUT2D eigenvalue weighted by Gasteiger charge is 2.17. The maximum absolute atomic E-state index is 11.7. The van der Waals surface area contributed by atoms with Crippen molar-refractivity contribution in [2.24, 2.45) is 0 Å². The molecule has 25 heavy (non-hydrogen) atoms. The number of carbonyl (C=O) groups excluding carboxylic acids is 1. The van der Waals surface area contributed by atoms with Crippen LogP contribution in [0.4, 0.5) is 21.9 Å². The lowest BCUT2D eigenvalue weighted by Gasteiger charge is -2.37. The Morgan fingerprint density at radius 2 is 1.32 bits per heavy atom. The second-order valence-electron chi connectivity index (χ2n) is 6.36. The number of nitrogens with one attached hydrogen (secondary N) is 1. The molecule has 2 aromatic rings. The summed E-state index contributed by atoms with van der Waals surface area (Å²) >= 11 is 0. The fourth-order valence-electron chi connectivity index (χ4n) is 2.88. The zero-order chi connectivity index (χ0) is 17.8. The van der Waals surface area contributed by atoms with E-state index in [0.29, 0.717) is 5.75 Å². The summed E-state index contributed by atoms with van der Waals surface area (Å²) in [5.41, 5.74) is 3.09. The Labute approximate surface area is 148 Å². The largest absolute Gasteiger partial charge is 0.508 e. The van der Waals surface area contributed by atoms with E-state index in [-0.39, 0.29) is 6.03 Å². The van der Waals surface area contributed by atoms with Gasteiger partial charge in [-0.15, -0.1) is 0 Å². The van der Waals surface area contributed by atoms with Gasteiger partial charge in [0.25, 0.3) is 0 Å². The summed E-state index contributed by atoms with van der Waals surface area (Å²) in [7, 11) is 3.44. The van der Waals surface area contributed by atoms with Crippen molar-refractivity contribution >= 4 is 23.1 Å². The minimum absolute atomic E-state index is 0.129. The first-order valence-electron chi connectivity index (χ1n) is 8.40. The first-order valence-corrected chi connectivity index (χ1v) is 8.40. The van der Waals surface area contributed by atoms with Crippen molar-refractivity contribution in [3.05, 3.63) is 48.5 Å². The van der Waals surface area contributed by atoms with Crippen molar-refractivity contribution in [3.63, 3.8) is 0 Å². The third kappa shape index (κ3) is 4.15. The molecule has 1 aliphatic rings. The molecule has 6 heteroatoms. The fourth-order valence-corrected chi connectivity index (χ4v) is 2.88. The van der Waals surface area contributed by atoms with Gasteiger partial charge in [-0.3, -0.25) is 0 Å². The quantitative estimate of drug-likeness (QED) is 0.902. The van der Waals surface area contributed by atoms with Crippen molar-refractivity contribution in [2.75, 3.05) is 55.4 Å². The molecule has 0 saturated carbocycles. The lowest BCUT2D eigenvalue weighted by atomic mass is 10.2. The molecule has 1 fully saturated rings. The number of phenolic OH excluding ortho intramolecular Hbond substituents is 1. The van der Waals surface area contributed by atoms with Crippen LogP contribution < -0.4 is 15.1 Å². The number of phenols is 1. The molecule has 2 N–H and O–H groups in total. The number of urea groups is 1. The monoisotopic (exact) mass is 340 g/mol. The van der Waals surface area contributed by atoms with Gasteiger partial charge in [0.15, 0.2) is 0 Å². The number of amides is 2. The molecule has 2 aromatic carbocycles. The molecule has 0 spiro atoms. The Hall–Kier alpha value is -2.89. The Kier molecular flexibility index (Phi) is 4.97. The highest BCUT2D eigenvalue weighted by Crippen LogP contribution is 2.23. The summed E-state index contributed by atoms with van der Waals surface area (Å²) in [6, 6.07) is 15.2. The zero-order valence-electron chi connectivity index (χ0n) is 14.6. The Morgan fingerprint density at radius 3 is 1.76 bits per heavy atom. The molecule has 0 unspecified atom stereocenters. The van der Waals surface area contributed by atoms with Gasteiger partial charge in [-0.05, 0) is 48.5 Å². The number of hydrogen-bond donors (Lipinski definition) is 2. The van der Waals surface area contributed by atoms with E-state index in [2.05, 4.69) is 15.1 Å². The van der Waals surface area contributed by atoms with Gasteiger partial charge < -0.3 is 25.1 Å². The summed E-state index contributed by atoms with van der Waals surface area (Å²) in [6.07, 6.45) is 0. The first kappa shape index (κ1) is 17.0. The number of nitrogens with zero attached hydrogens (tertiary/aromatic N) is 3. The van der Waals surface area contributed by atoms with Crippen LogP contribution in [0.25, 0.3) is 0 Å². The van der Waals surface area contributed by atoms with Crippen LogP contribution in [0.2, 0.25) is 0 Å². The van der Waals surface area contributed by atoms with Gasteiger partial charge in [0.2, 0.25) is 0 Å². The molecule has 2 amide bonds. The smallest absolute Gasteiger partial charge is 0.321 e. The molecule has 0 aromatic heterocycles. The average Bonchev–Trinajstić information content (AvgIpc) is 2.63. The van der Waals surface area contributed by atoms with Gasteiger partial charge in [-0.25, -0.2) is 4.79 Å². The van der Waals surface area contributed by atoms with Crippen molar-refractivity contribution in [3.8, 4) is 5.75 Å². The minimum atomic E-state index is -0.129. The molecule has 0 bridgehead atoms. The number of aromatic hydroxyl groups is 1. The number of piperazine rings is 1. The van der Waals surface area contributed by atoms with Crippen LogP contribution in [0.5, 0.6) is 5.75 Å². The minimum Gasteiger partial charge on any atom is -0.508 e. The first-order chi connectivity index (χ1) is 12.0. The standard InChI is InChI=1S/C19H24N4O2/c1-21(2)19(25)20-15-3-5-16(6-4-15)22-11-13-23(14-12-22)17-7-9-18(24)10-8-17/h3-10,24H,11-14H2,1-2H3,(H,20,25). The molecule has 1 heterocycles. The Morgan fingerprint density at radius 1 is 0.880 bits per heavy atom. The molecule has 6 nitrogen and oxygen atoms in total. The third-order valence-electron chi connectivity index (χ3n) is 4.38. The van der Waals surface area contributed by atoms with Gasteiger partial charge in [0, 0.05) is 57.3 Å². The predicted octanol–water partition coefficient (Wildman–Crippen LogP) is 2.81. The second-order valence-corrected chi connectivity index (χ2v) is 6.36. The van der Waals surface area contributed by atoms with E-state index in [1.165, 1.54) is 4.90 Å². The number of carbonyl (C=O) groups is 1. The Balaban J connectivity index is 1.57. The van der Waals surface area contributed by atoms with E-state index in [0.717, 1.165) is 43.2 Å². The summed E-state index contributed by atoms with van der Waals surface area (Å²) in [6.45, 7) is 3.74. The van der Waals surface area contributed by atoms with Crippen molar-refractivity contribution in [2.45, 2.75) is 0 Å². The van der Waals surface area contributed by atoms with Gasteiger partial charge in [-0.1, -0.05) is 0 Å². The van der Waals surface area contributed by atoms with E-state index < -0.39 is 0 Å². The zero-order valence-corrected chi connectivity index (χ0v) is 14.6. The van der Waals surface area contributed by atoms with Crippen molar-refractivity contribution in [1.29, 1.82) is 0 Å². The SMILES string of the molecule is CN(C)C(=O)Nc1ccc(N2CCN(c3ccc(O)cc3)CC2)cc1. The molecule has 3 rings (SSSR count). The van der Waals surface area contributed by atoms with Crippen LogP contribution in [-0.4, -0.2) is 56.3 Å². The highest BCUT2D eigenvalue weighted by molar-refractivity contribution is 5.89. The second kappa shape index (κ2) is 7.34. The van der Waals surface area contributed by atoms with Crippen molar-refractivity contribution < 1.29 is 9.90 Å². The highest BCUT2D eigenvalue weighted by atomic mass is 16.3. The van der Waals surface area contributed by atoms with Gasteiger partial charge in [-0.2, -0.15) is 0 Å². The van der Waals surface area contributed by atoms with Crippen LogP contribution in [0.3, 0.4) is 0 Å². The summed E-state index contributed by atoms with van der Waals surface area (Å²) < 4.78 is 0. The maximum Gasteiger partial charge on any atom is 0.321 e. The normalized spacial score (nSPS) is 14.3. The van der Waals surface area contributed by atoms with Crippen LogP contribution in [-0.2, 0) is 0 Å². The number of rotatable bonds is 3. The van der Waals surface area contributed by atoms with Gasteiger partial charge in [0.05, 0.1) is 0 Å². The predicted molar refractivity (Wildman–Crippen MR) is 102 cm³/mol. The number of anilines is 3. The molecule has 132 valence electrons. The van der Waals surface area contributed by atoms with E-state index >= 15 is 0 Å². The summed E-state index contributed by atoms with van der Waals surface area (Å²) in [4.78, 5) is 17.8. The van der Waals surface area contributed by atoms with Crippen LogP contribution in [0.1, 0.15) is 0 Å². The van der Waals surface area contributed by atoms with E-state index in [4.69, 9.17) is 0 Å². The molecule has 1 saturated heterocycles. The van der Waals surface area contributed by atoms with E-state index in [1.807, 2.05) is 36.4 Å². The molecular weight excluding hydrogens is 316 g/mol. The van der Waals surface area contributed by atoms with E-state index in [1.54, 1.807) is 26.2 Å². The summed E-state index contributed by atoms with van der Waals surface area (Å²) in [5, 5.41) is 12.2. The molecule has 1 aliphatic heterocycles. The molecular formula is C19H24N4O2.